The molecule has 0 spiro atoms. The van der Waals surface area contributed by atoms with Crippen LogP contribution in [0.2, 0.25) is 0 Å². The molecule has 2 bridgehead atoms. The van der Waals surface area contributed by atoms with Crippen LogP contribution < -0.4 is 0 Å². The summed E-state index contributed by atoms with van der Waals surface area (Å²) < 4.78 is 56.2. The van der Waals surface area contributed by atoms with E-state index in [1.165, 1.54) is 232 Å². The highest BCUT2D eigenvalue weighted by atomic mass is 16.7. The first kappa shape index (κ1) is 106. The zero-order valence-electron chi connectivity index (χ0n) is 81.3. The Labute approximate surface area is 750 Å². The fourth-order valence-electron chi connectivity index (χ4n) is 19.2. The first-order valence-corrected chi connectivity index (χ1v) is 50.7. The SMILES string of the molecule is CCCCCCCCCCCCOC(OCCC(C)CCC=C(C)C)C(C)Cc1ccc(C(C)C)cc1.CCCCCCCCCCCCOCCOC(OCCc1ccccc1)C(C)c1ccccc1.CCCCOC(OC1CCC(C)CC1)C(C)c1ccccc1.CCOC(OC1CCCC(C2CC3CC2C(C)C3(C)C)C1)C(C)c1ccccc1. The van der Waals surface area contributed by atoms with Gasteiger partial charge in [-0.3, -0.25) is 0 Å². The summed E-state index contributed by atoms with van der Waals surface area (Å²) in [4.78, 5) is 0. The van der Waals surface area contributed by atoms with Crippen molar-refractivity contribution in [3.05, 3.63) is 191 Å². The molecule has 4 saturated carbocycles. The van der Waals surface area contributed by atoms with E-state index < -0.39 is 0 Å². The topological polar surface area (TPSA) is 83.1 Å². The molecule has 5 aromatic rings. The van der Waals surface area contributed by atoms with Gasteiger partial charge in [0.15, 0.2) is 25.2 Å². The molecule has 9 nitrogen and oxygen atoms in total. The second kappa shape index (κ2) is 64.3. The Morgan fingerprint density at radius 3 is 1.37 bits per heavy atom. The summed E-state index contributed by atoms with van der Waals surface area (Å²) in [5, 5.41) is 0. The van der Waals surface area contributed by atoms with Crippen LogP contribution in [0.4, 0.5) is 0 Å². The van der Waals surface area contributed by atoms with Gasteiger partial charge in [-0.1, -0.05) is 383 Å². The molecule has 15 unspecified atom stereocenters. The minimum absolute atomic E-state index is 0.117. The predicted molar refractivity (Wildman–Crippen MR) is 519 cm³/mol. The molecule has 0 aromatic heterocycles. The number of rotatable bonds is 59. The van der Waals surface area contributed by atoms with Crippen molar-refractivity contribution >= 4 is 0 Å². The number of unbranched alkanes of at least 4 members (excludes halogenated alkanes) is 19. The molecule has 4 aliphatic rings. The first-order valence-electron chi connectivity index (χ1n) is 50.7. The fraction of sp³-hybridized carbons (Fsp3) is 0.717. The van der Waals surface area contributed by atoms with Crippen LogP contribution in [-0.2, 0) is 55.5 Å². The van der Waals surface area contributed by atoms with E-state index in [0.29, 0.717) is 61.8 Å². The van der Waals surface area contributed by atoms with Crippen LogP contribution in [0.3, 0.4) is 0 Å². The Hall–Kier alpha value is -4.52. The zero-order valence-corrected chi connectivity index (χ0v) is 81.3. The molecule has 0 heterocycles. The molecule has 9 heteroatoms. The van der Waals surface area contributed by atoms with Crippen molar-refractivity contribution in [3.8, 4) is 0 Å². The molecule has 0 N–H and O–H groups in total. The van der Waals surface area contributed by atoms with Gasteiger partial charge in [-0.05, 0) is 216 Å². The maximum Gasteiger partial charge on any atom is 0.164 e. The smallest absolute Gasteiger partial charge is 0.164 e. The van der Waals surface area contributed by atoms with Crippen molar-refractivity contribution in [1.29, 1.82) is 0 Å². The summed E-state index contributed by atoms with van der Waals surface area (Å²) in [6, 6.07) is 51.4. The molecular formula is C113H184O9. The maximum atomic E-state index is 6.66. The lowest BCUT2D eigenvalue weighted by atomic mass is 9.62. The van der Waals surface area contributed by atoms with E-state index in [2.05, 4.69) is 257 Å². The molecule has 15 atom stereocenters. The first-order chi connectivity index (χ1) is 59.3. The Morgan fingerprint density at radius 1 is 0.393 bits per heavy atom. The van der Waals surface area contributed by atoms with Gasteiger partial charge in [0.05, 0.1) is 32.0 Å². The summed E-state index contributed by atoms with van der Waals surface area (Å²) in [5.74, 6) is 7.72. The highest BCUT2D eigenvalue weighted by molar-refractivity contribution is 5.26. The van der Waals surface area contributed by atoms with Gasteiger partial charge in [-0.25, -0.2) is 0 Å². The largest absolute Gasteiger partial charge is 0.379 e. The second-order valence-electron chi connectivity index (χ2n) is 39.1. The zero-order chi connectivity index (χ0) is 87.8. The molecule has 0 amide bonds. The number of ether oxygens (including phenoxy) is 9. The van der Waals surface area contributed by atoms with Crippen molar-refractivity contribution < 1.29 is 42.6 Å². The lowest BCUT2D eigenvalue weighted by Gasteiger charge is -2.45. The lowest BCUT2D eigenvalue weighted by molar-refractivity contribution is -0.189. The lowest BCUT2D eigenvalue weighted by Crippen LogP contribution is -2.39. The highest BCUT2D eigenvalue weighted by Crippen LogP contribution is 2.64. The molecule has 4 fully saturated rings. The van der Waals surface area contributed by atoms with Crippen molar-refractivity contribution in [2.75, 3.05) is 52.9 Å². The molecule has 0 aliphatic heterocycles. The minimum Gasteiger partial charge on any atom is -0.379 e. The van der Waals surface area contributed by atoms with Crippen LogP contribution in [0.5, 0.6) is 0 Å². The van der Waals surface area contributed by atoms with E-state index in [1.54, 1.807) is 0 Å². The summed E-state index contributed by atoms with van der Waals surface area (Å²) in [5.41, 5.74) is 9.88. The Bertz CT molecular complexity index is 3270. The third-order valence-electron chi connectivity index (χ3n) is 28.0. The van der Waals surface area contributed by atoms with Crippen LogP contribution in [0.25, 0.3) is 0 Å². The van der Waals surface area contributed by atoms with Crippen LogP contribution in [0.1, 0.15) is 399 Å². The van der Waals surface area contributed by atoms with Crippen LogP contribution >= 0.6 is 0 Å². The third kappa shape index (κ3) is 42.6. The molecule has 0 radical (unpaired) electrons. The number of fused-ring (bicyclic) bond motifs is 2. The monoisotopic (exact) mass is 1690 g/mol. The van der Waals surface area contributed by atoms with Crippen LogP contribution in [0, 0.1) is 52.8 Å². The highest BCUT2D eigenvalue weighted by Gasteiger charge is 2.56. The number of benzene rings is 5. The molecule has 0 saturated heterocycles. The second-order valence-corrected chi connectivity index (χ2v) is 39.1. The van der Waals surface area contributed by atoms with Gasteiger partial charge >= 0.3 is 0 Å². The normalized spacial score (nSPS) is 21.5. The fourth-order valence-corrected chi connectivity index (χ4v) is 19.2. The van der Waals surface area contributed by atoms with Gasteiger partial charge in [0.25, 0.3) is 0 Å². The van der Waals surface area contributed by atoms with Gasteiger partial charge in [-0.15, -0.1) is 0 Å². The van der Waals surface area contributed by atoms with E-state index in [0.717, 1.165) is 107 Å². The summed E-state index contributed by atoms with van der Waals surface area (Å²) in [7, 11) is 0. The molecular weight excluding hydrogens is 1500 g/mol. The van der Waals surface area contributed by atoms with Gasteiger partial charge in [-0.2, -0.15) is 0 Å². The van der Waals surface area contributed by atoms with Gasteiger partial charge < -0.3 is 42.6 Å². The van der Waals surface area contributed by atoms with Crippen molar-refractivity contribution in [3.63, 3.8) is 0 Å². The molecule has 5 aromatic carbocycles. The average molecular weight is 1690 g/mol. The Morgan fingerprint density at radius 2 is 0.852 bits per heavy atom. The number of hydrogen-bond donors (Lipinski definition) is 0. The Balaban J connectivity index is 0.000000255. The van der Waals surface area contributed by atoms with E-state index in [-0.39, 0.29) is 42.9 Å². The number of allylic oxidation sites excluding steroid dienone is 2. The predicted octanol–water partition coefficient (Wildman–Crippen LogP) is 31.9. The van der Waals surface area contributed by atoms with Crippen LogP contribution in [0.15, 0.2) is 157 Å². The van der Waals surface area contributed by atoms with Crippen molar-refractivity contribution in [1.82, 2.24) is 0 Å². The van der Waals surface area contributed by atoms with Gasteiger partial charge in [0, 0.05) is 56.7 Å². The number of hydrogen-bond acceptors (Lipinski definition) is 9. The van der Waals surface area contributed by atoms with Crippen LogP contribution in [-0.4, -0.2) is 90.2 Å². The maximum absolute atomic E-state index is 6.66. The van der Waals surface area contributed by atoms with E-state index in [4.69, 9.17) is 42.6 Å². The average Bonchev–Trinajstić information content (AvgIpc) is 1.58. The molecule has 4 aliphatic carbocycles. The Kier molecular flexibility index (Phi) is 56.0. The van der Waals surface area contributed by atoms with E-state index in [9.17, 15) is 0 Å². The van der Waals surface area contributed by atoms with Gasteiger partial charge in [0.2, 0.25) is 0 Å². The summed E-state index contributed by atoms with van der Waals surface area (Å²) >= 11 is 0. The quantitative estimate of drug-likeness (QED) is 0.0215. The van der Waals surface area contributed by atoms with E-state index in [1.807, 2.05) is 12.1 Å². The third-order valence-corrected chi connectivity index (χ3v) is 28.0. The standard InChI is InChI=1S/C35H62O2.C31H48O3.C27H42O2.C20H32O2/c1-8-9-10-11-12-13-14-15-16-17-26-36-35(37-27-25-31(6)20-18-19-29(2)3)32(7)28-33-21-23-34(24-22-33)30(4)5;1-3-4-5-6-7-8-9-10-11-18-24-32-26-27-34-31(28(2)30-21-16-13-17-22-30)33-25-23-29-19-14-12-15-20-29;1-6-28-26(18(2)20-11-8-7-9-12-20)29-23-14-10-13-21(15-23)25-17-22-16-24(25)19(3)27(22,4)5;1-4-5-15-21-20(17(3)18-9-7-6-8-10-18)22-19-13-11-16(2)12-14-19/h19,21-24,30-32,35H,8-18,20,25-28H2,1-7H3;12-17,19-22,28,31H,3-11,18,23-27H2,1-2H3;7-9,11-12,18-19,21-26H,6,10,13-17H2,1-5H3;6-10,16-17,19-20H,4-5,11-15H2,1-3H3. The summed E-state index contributed by atoms with van der Waals surface area (Å²) in [6.07, 6.45) is 50.1. The molecule has 9 rings (SSSR count). The summed E-state index contributed by atoms with van der Waals surface area (Å²) in [6.45, 7) is 44.7. The van der Waals surface area contributed by atoms with E-state index >= 15 is 0 Å². The molecule has 122 heavy (non-hydrogen) atoms. The van der Waals surface area contributed by atoms with Crippen molar-refractivity contribution in [2.45, 2.75) is 416 Å². The minimum atomic E-state index is -0.271. The van der Waals surface area contributed by atoms with Gasteiger partial charge in [0.1, 0.15) is 0 Å². The molecule has 690 valence electrons. The van der Waals surface area contributed by atoms with Crippen molar-refractivity contribution in [2.24, 2.45) is 52.8 Å².